The number of hydrogen-bond donors (Lipinski definition) is 2. The van der Waals surface area contributed by atoms with Crippen molar-refractivity contribution in [3.8, 4) is 0 Å². The standard InChI is InChI=1S/C23H38N2O3/c1-21-10-9-19-17(18(21)5-6-20(21)26)8-12-23(27)15-16(7-11-22(19,23)2)25-28-14-4-13-24-3/h17-19,24,27H,4-15H2,1-3H3/b25-16-/t17-,18-,19-,21-,22+,23+/m0/s1. The Kier molecular flexibility index (Phi) is 5.37. The minimum atomic E-state index is -0.671. The maximum atomic E-state index is 12.6. The van der Waals surface area contributed by atoms with Crippen LogP contribution in [0.1, 0.15) is 78.1 Å². The zero-order valence-corrected chi connectivity index (χ0v) is 17.9. The summed E-state index contributed by atoms with van der Waals surface area (Å²) in [5.41, 5.74) is 0.207. The molecule has 0 aromatic carbocycles. The van der Waals surface area contributed by atoms with Gasteiger partial charge in [-0.3, -0.25) is 4.79 Å². The van der Waals surface area contributed by atoms with Crippen LogP contribution >= 0.6 is 0 Å². The van der Waals surface area contributed by atoms with Gasteiger partial charge in [-0.1, -0.05) is 19.0 Å². The van der Waals surface area contributed by atoms with Crippen LogP contribution in [0.15, 0.2) is 5.16 Å². The van der Waals surface area contributed by atoms with Crippen molar-refractivity contribution in [2.75, 3.05) is 20.2 Å². The van der Waals surface area contributed by atoms with Gasteiger partial charge in [0.1, 0.15) is 12.4 Å². The second-order valence-electron chi connectivity index (χ2n) is 10.4. The van der Waals surface area contributed by atoms with E-state index in [4.69, 9.17) is 4.84 Å². The zero-order valence-electron chi connectivity index (χ0n) is 17.9. The first-order chi connectivity index (χ1) is 13.3. The summed E-state index contributed by atoms with van der Waals surface area (Å²) >= 11 is 0. The number of carbonyl (C=O) groups is 1. The lowest BCUT2D eigenvalue weighted by atomic mass is 9.43. The lowest BCUT2D eigenvalue weighted by Gasteiger charge is -2.62. The van der Waals surface area contributed by atoms with Crippen LogP contribution in [0.3, 0.4) is 0 Å². The average molecular weight is 391 g/mol. The number of fused-ring (bicyclic) bond motifs is 5. The summed E-state index contributed by atoms with van der Waals surface area (Å²) < 4.78 is 0. The molecule has 5 heteroatoms. The molecule has 0 aliphatic heterocycles. The number of nitrogens with zero attached hydrogens (tertiary/aromatic N) is 1. The molecule has 0 unspecified atom stereocenters. The van der Waals surface area contributed by atoms with Crippen LogP contribution in [-0.2, 0) is 9.63 Å². The molecule has 0 amide bonds. The molecule has 4 aliphatic carbocycles. The van der Waals surface area contributed by atoms with E-state index in [0.29, 0.717) is 36.6 Å². The fraction of sp³-hybridized carbons (Fsp3) is 0.913. The van der Waals surface area contributed by atoms with Crippen LogP contribution in [0.5, 0.6) is 0 Å². The van der Waals surface area contributed by atoms with Crippen LogP contribution in [0.4, 0.5) is 0 Å². The van der Waals surface area contributed by atoms with Crippen LogP contribution in [0, 0.1) is 28.6 Å². The maximum Gasteiger partial charge on any atom is 0.139 e. The summed E-state index contributed by atoms with van der Waals surface area (Å²) in [6, 6.07) is 0. The molecule has 4 saturated carbocycles. The topological polar surface area (TPSA) is 70.9 Å². The number of ketones is 1. The van der Waals surface area contributed by atoms with Gasteiger partial charge >= 0.3 is 0 Å². The second-order valence-corrected chi connectivity index (χ2v) is 10.4. The van der Waals surface area contributed by atoms with Gasteiger partial charge in [-0.05, 0) is 82.7 Å². The highest BCUT2D eigenvalue weighted by Crippen LogP contribution is 2.66. The van der Waals surface area contributed by atoms with Gasteiger partial charge in [0.2, 0.25) is 0 Å². The van der Waals surface area contributed by atoms with E-state index in [1.807, 2.05) is 7.05 Å². The molecular weight excluding hydrogens is 352 g/mol. The van der Waals surface area contributed by atoms with Crippen molar-refractivity contribution in [2.24, 2.45) is 33.7 Å². The van der Waals surface area contributed by atoms with Crippen molar-refractivity contribution in [1.82, 2.24) is 5.32 Å². The van der Waals surface area contributed by atoms with Crippen molar-refractivity contribution < 1.29 is 14.7 Å². The number of Topliss-reactive ketones (excluding diaryl/α,β-unsaturated/α-hetero) is 1. The molecular formula is C23H38N2O3. The van der Waals surface area contributed by atoms with E-state index in [2.05, 4.69) is 24.3 Å². The van der Waals surface area contributed by atoms with E-state index in [0.717, 1.165) is 70.0 Å². The first-order valence-corrected chi connectivity index (χ1v) is 11.4. The summed E-state index contributed by atoms with van der Waals surface area (Å²) in [5.74, 6) is 2.17. The second kappa shape index (κ2) is 7.39. The van der Waals surface area contributed by atoms with Crippen LogP contribution in [0.2, 0.25) is 0 Å². The monoisotopic (exact) mass is 390 g/mol. The van der Waals surface area contributed by atoms with Gasteiger partial charge in [-0.15, -0.1) is 0 Å². The molecule has 2 N–H and O–H groups in total. The number of oxime groups is 1. The lowest BCUT2D eigenvalue weighted by molar-refractivity contribution is -0.188. The molecule has 28 heavy (non-hydrogen) atoms. The van der Waals surface area contributed by atoms with Crippen molar-refractivity contribution in [1.29, 1.82) is 0 Å². The number of nitrogens with one attached hydrogen (secondary N) is 1. The third-order valence-electron chi connectivity index (χ3n) is 9.20. The largest absolute Gasteiger partial charge is 0.396 e. The quantitative estimate of drug-likeness (QED) is 0.555. The average Bonchev–Trinajstić information content (AvgIpc) is 2.97. The highest BCUT2D eigenvalue weighted by molar-refractivity contribution is 5.87. The number of rotatable bonds is 5. The highest BCUT2D eigenvalue weighted by Gasteiger charge is 2.64. The molecule has 0 radical (unpaired) electrons. The van der Waals surface area contributed by atoms with Crippen molar-refractivity contribution in [3.63, 3.8) is 0 Å². The molecule has 0 heterocycles. The Bertz CT molecular complexity index is 650. The molecule has 0 spiro atoms. The first-order valence-electron chi connectivity index (χ1n) is 11.4. The molecule has 0 saturated heterocycles. The Balaban J connectivity index is 1.47. The van der Waals surface area contributed by atoms with Gasteiger partial charge in [0.25, 0.3) is 0 Å². The predicted octanol–water partition coefficient (Wildman–Crippen LogP) is 3.70. The van der Waals surface area contributed by atoms with E-state index >= 15 is 0 Å². The Morgan fingerprint density at radius 2 is 1.96 bits per heavy atom. The normalized spacial score (nSPS) is 46.8. The summed E-state index contributed by atoms with van der Waals surface area (Å²) in [7, 11) is 1.94. The van der Waals surface area contributed by atoms with E-state index in [1.54, 1.807) is 0 Å². The number of aliphatic hydroxyl groups is 1. The summed E-state index contributed by atoms with van der Waals surface area (Å²) in [6.45, 7) is 6.11. The molecule has 0 bridgehead atoms. The minimum absolute atomic E-state index is 0.0615. The van der Waals surface area contributed by atoms with E-state index in [1.165, 1.54) is 0 Å². The molecule has 5 nitrogen and oxygen atoms in total. The van der Waals surface area contributed by atoms with Gasteiger partial charge in [0.15, 0.2) is 0 Å². The predicted molar refractivity (Wildman–Crippen MR) is 110 cm³/mol. The lowest BCUT2D eigenvalue weighted by Crippen LogP contribution is -2.62. The smallest absolute Gasteiger partial charge is 0.139 e. The van der Waals surface area contributed by atoms with Crippen LogP contribution < -0.4 is 5.32 Å². The third-order valence-corrected chi connectivity index (χ3v) is 9.20. The maximum absolute atomic E-state index is 12.6. The first kappa shape index (κ1) is 20.3. The molecule has 4 aliphatic rings. The fourth-order valence-electron chi connectivity index (χ4n) is 7.35. The highest BCUT2D eigenvalue weighted by atomic mass is 16.6. The van der Waals surface area contributed by atoms with E-state index < -0.39 is 5.60 Å². The molecule has 158 valence electrons. The SMILES string of the molecule is CNCCCO/N=C1/CC[C@]2(C)[C@H]3CC[C@]4(C)C(=O)CC[C@H]4[C@@H]3CC[C@@]2(O)C1. The number of carbonyl (C=O) groups excluding carboxylic acids is 1. The molecule has 0 aromatic heterocycles. The summed E-state index contributed by atoms with van der Waals surface area (Å²) in [6.07, 6.45) is 9.34. The van der Waals surface area contributed by atoms with Gasteiger partial charge < -0.3 is 15.3 Å². The molecule has 4 rings (SSSR count). The van der Waals surface area contributed by atoms with Crippen LogP contribution in [0.25, 0.3) is 0 Å². The van der Waals surface area contributed by atoms with Gasteiger partial charge in [-0.2, -0.15) is 0 Å². The third kappa shape index (κ3) is 3.04. The summed E-state index contributed by atoms with van der Waals surface area (Å²) in [4.78, 5) is 18.1. The zero-order chi connectivity index (χ0) is 20.0. The van der Waals surface area contributed by atoms with Crippen molar-refractivity contribution in [3.05, 3.63) is 0 Å². The Labute approximate surface area is 169 Å². The molecule has 4 fully saturated rings. The fourth-order valence-corrected chi connectivity index (χ4v) is 7.35. The van der Waals surface area contributed by atoms with Gasteiger partial charge in [-0.25, -0.2) is 0 Å². The number of hydrogen-bond acceptors (Lipinski definition) is 5. The van der Waals surface area contributed by atoms with E-state index in [-0.39, 0.29) is 10.8 Å². The minimum Gasteiger partial charge on any atom is -0.396 e. The van der Waals surface area contributed by atoms with Crippen LogP contribution in [-0.4, -0.2) is 42.4 Å². The Hall–Kier alpha value is -0.940. The molecule has 6 atom stereocenters. The summed E-state index contributed by atoms with van der Waals surface area (Å²) in [5, 5.41) is 19.2. The Morgan fingerprint density at radius 1 is 1.14 bits per heavy atom. The van der Waals surface area contributed by atoms with E-state index in [9.17, 15) is 9.90 Å². The van der Waals surface area contributed by atoms with Crippen molar-refractivity contribution >= 4 is 11.5 Å². The van der Waals surface area contributed by atoms with Gasteiger partial charge in [0.05, 0.1) is 11.3 Å². The molecule has 0 aromatic rings. The van der Waals surface area contributed by atoms with Gasteiger partial charge in [0, 0.05) is 23.7 Å². The van der Waals surface area contributed by atoms with Crippen molar-refractivity contribution in [2.45, 2.75) is 83.7 Å². The Morgan fingerprint density at radius 3 is 2.75 bits per heavy atom.